The highest BCUT2D eigenvalue weighted by atomic mass is 32.2. The van der Waals surface area contributed by atoms with Gasteiger partial charge in [0.25, 0.3) is 0 Å². The van der Waals surface area contributed by atoms with E-state index in [0.29, 0.717) is 27.6 Å². The molecule has 0 saturated carbocycles. The van der Waals surface area contributed by atoms with Crippen molar-refractivity contribution in [1.82, 2.24) is 9.78 Å². The van der Waals surface area contributed by atoms with Gasteiger partial charge in [0.05, 0.1) is 24.3 Å². The Hall–Kier alpha value is -1.90. The van der Waals surface area contributed by atoms with Crippen molar-refractivity contribution >= 4 is 41.3 Å². The summed E-state index contributed by atoms with van der Waals surface area (Å²) >= 11 is 8.28. The fraction of sp³-hybridized carbons (Fsp3) is 0.188. The number of nitrogens with zero attached hydrogens (tertiary/aromatic N) is 2. The number of furan rings is 1. The zero-order valence-electron chi connectivity index (χ0n) is 12.8. The zero-order chi connectivity index (χ0) is 16.9. The van der Waals surface area contributed by atoms with Gasteiger partial charge < -0.3 is 9.15 Å². The molecule has 0 unspecified atom stereocenters. The lowest BCUT2D eigenvalue weighted by Gasteiger charge is -2.01. The Morgan fingerprint density at radius 3 is 2.92 bits per heavy atom. The Morgan fingerprint density at radius 1 is 1.38 bits per heavy atom. The molecule has 124 valence electrons. The highest BCUT2D eigenvalue weighted by Gasteiger charge is 2.17. The predicted octanol–water partition coefficient (Wildman–Crippen LogP) is 4.73. The maximum absolute atomic E-state index is 11.9. The minimum absolute atomic E-state index is 0.333. The second kappa shape index (κ2) is 7.78. The molecule has 0 N–H and O–H groups in total. The summed E-state index contributed by atoms with van der Waals surface area (Å²) in [5.41, 5.74) is 1.38. The molecule has 3 aromatic rings. The maximum atomic E-state index is 11.9. The van der Waals surface area contributed by atoms with Gasteiger partial charge in [0, 0.05) is 0 Å². The number of esters is 1. The zero-order valence-corrected chi connectivity index (χ0v) is 15.2. The molecule has 0 atom stereocenters. The minimum Gasteiger partial charge on any atom is -0.468 e. The van der Waals surface area contributed by atoms with E-state index in [2.05, 4.69) is 5.10 Å². The molecule has 0 aliphatic heterocycles. The maximum Gasteiger partial charge on any atom is 0.341 e. The summed E-state index contributed by atoms with van der Waals surface area (Å²) in [6, 6.07) is 11.4. The average Bonchev–Trinajstić information content (AvgIpc) is 3.20. The van der Waals surface area contributed by atoms with Gasteiger partial charge in [-0.05, 0) is 37.3 Å². The van der Waals surface area contributed by atoms with E-state index in [0.717, 1.165) is 10.0 Å². The van der Waals surface area contributed by atoms with Crippen LogP contribution < -0.4 is 0 Å². The van der Waals surface area contributed by atoms with Gasteiger partial charge in [-0.1, -0.05) is 41.3 Å². The monoisotopic (exact) mass is 378 g/mol. The molecule has 2 aromatic heterocycles. The molecule has 0 amide bonds. The van der Waals surface area contributed by atoms with Crippen LogP contribution in [0.5, 0.6) is 0 Å². The topological polar surface area (TPSA) is 57.3 Å². The number of ether oxygens (including phenoxy) is 1. The standard InChI is InChI=1S/C16H14N2O3S3/c1-2-20-14(19)12-8-9-21-13(12)10-23-15-17-18(16(22)24-15)11-6-4-3-5-7-11/h3-9H,2,10H2,1H3. The summed E-state index contributed by atoms with van der Waals surface area (Å²) < 4.78 is 13.6. The first-order valence-corrected chi connectivity index (χ1v) is 9.42. The fourth-order valence-electron chi connectivity index (χ4n) is 2.02. The molecule has 24 heavy (non-hydrogen) atoms. The molecular formula is C16H14N2O3S3. The average molecular weight is 378 g/mol. The van der Waals surface area contributed by atoms with Crippen LogP contribution in [0, 0.1) is 3.95 Å². The third-order valence-corrected chi connectivity index (χ3v) is 5.46. The highest BCUT2D eigenvalue weighted by molar-refractivity contribution is 8.00. The largest absolute Gasteiger partial charge is 0.468 e. The van der Waals surface area contributed by atoms with Crippen molar-refractivity contribution in [2.75, 3.05) is 6.61 Å². The smallest absolute Gasteiger partial charge is 0.341 e. The first kappa shape index (κ1) is 16.9. The number of thioether (sulfide) groups is 1. The van der Waals surface area contributed by atoms with E-state index >= 15 is 0 Å². The molecule has 0 bridgehead atoms. The Bertz CT molecular complexity index is 883. The van der Waals surface area contributed by atoms with E-state index in [1.54, 1.807) is 17.7 Å². The number of carbonyl (C=O) groups excluding carboxylic acids is 1. The second-order valence-electron chi connectivity index (χ2n) is 4.65. The Morgan fingerprint density at radius 2 is 2.17 bits per heavy atom. The molecule has 3 rings (SSSR count). The molecule has 8 heteroatoms. The van der Waals surface area contributed by atoms with Crippen molar-refractivity contribution in [3.8, 4) is 5.69 Å². The van der Waals surface area contributed by atoms with E-state index in [9.17, 15) is 4.79 Å². The van der Waals surface area contributed by atoms with Crippen LogP contribution in [-0.4, -0.2) is 22.4 Å². The Labute approximate surface area is 152 Å². The number of rotatable bonds is 6. The fourth-order valence-corrected chi connectivity index (χ4v) is 4.33. The molecule has 0 saturated heterocycles. The summed E-state index contributed by atoms with van der Waals surface area (Å²) in [5.74, 6) is 0.688. The van der Waals surface area contributed by atoms with Gasteiger partial charge in [-0.2, -0.15) is 0 Å². The third kappa shape index (κ3) is 3.77. The molecule has 0 fully saturated rings. The van der Waals surface area contributed by atoms with Crippen molar-refractivity contribution in [3.05, 3.63) is 57.9 Å². The quantitative estimate of drug-likeness (QED) is 0.351. The van der Waals surface area contributed by atoms with E-state index < -0.39 is 0 Å². The number of hydrogen-bond acceptors (Lipinski definition) is 7. The van der Waals surface area contributed by atoms with Crippen LogP contribution >= 0.6 is 35.3 Å². The van der Waals surface area contributed by atoms with E-state index in [4.69, 9.17) is 21.4 Å². The highest BCUT2D eigenvalue weighted by Crippen LogP contribution is 2.28. The molecule has 0 radical (unpaired) electrons. The van der Waals surface area contributed by atoms with Gasteiger partial charge in [0.2, 0.25) is 0 Å². The summed E-state index contributed by atoms with van der Waals surface area (Å²) in [6.45, 7) is 2.11. The van der Waals surface area contributed by atoms with Crippen molar-refractivity contribution in [1.29, 1.82) is 0 Å². The van der Waals surface area contributed by atoms with Crippen LogP contribution in [0.15, 0.2) is 51.4 Å². The van der Waals surface area contributed by atoms with Gasteiger partial charge in [0.1, 0.15) is 11.3 Å². The van der Waals surface area contributed by atoms with Crippen molar-refractivity contribution < 1.29 is 13.9 Å². The van der Waals surface area contributed by atoms with Crippen molar-refractivity contribution in [2.24, 2.45) is 0 Å². The number of benzene rings is 1. The number of hydrogen-bond donors (Lipinski definition) is 0. The van der Waals surface area contributed by atoms with Crippen LogP contribution in [0.1, 0.15) is 23.0 Å². The van der Waals surface area contributed by atoms with E-state index in [1.165, 1.54) is 29.4 Å². The lowest BCUT2D eigenvalue weighted by molar-refractivity contribution is 0.0524. The summed E-state index contributed by atoms with van der Waals surface area (Å²) in [4.78, 5) is 11.9. The van der Waals surface area contributed by atoms with E-state index in [-0.39, 0.29) is 5.97 Å². The van der Waals surface area contributed by atoms with Crippen LogP contribution in [0.3, 0.4) is 0 Å². The van der Waals surface area contributed by atoms with Crippen molar-refractivity contribution in [3.63, 3.8) is 0 Å². The van der Waals surface area contributed by atoms with E-state index in [1.807, 2.05) is 30.3 Å². The predicted molar refractivity (Wildman–Crippen MR) is 96.5 cm³/mol. The normalized spacial score (nSPS) is 10.7. The molecule has 5 nitrogen and oxygen atoms in total. The summed E-state index contributed by atoms with van der Waals surface area (Å²) in [5, 5.41) is 4.53. The molecule has 2 heterocycles. The number of para-hydroxylation sites is 1. The van der Waals surface area contributed by atoms with Crippen LogP contribution in [-0.2, 0) is 10.5 Å². The lowest BCUT2D eigenvalue weighted by Crippen LogP contribution is -2.05. The molecule has 0 aliphatic rings. The lowest BCUT2D eigenvalue weighted by atomic mass is 10.3. The summed E-state index contributed by atoms with van der Waals surface area (Å²) in [7, 11) is 0. The van der Waals surface area contributed by atoms with Crippen molar-refractivity contribution in [2.45, 2.75) is 17.0 Å². The minimum atomic E-state index is -0.371. The molecule has 0 aliphatic carbocycles. The number of aromatic nitrogens is 2. The molecule has 0 spiro atoms. The first-order valence-electron chi connectivity index (χ1n) is 7.21. The van der Waals surface area contributed by atoms with Gasteiger partial charge in [-0.3, -0.25) is 0 Å². The van der Waals surface area contributed by atoms with Gasteiger partial charge in [-0.25, -0.2) is 9.48 Å². The molecule has 1 aromatic carbocycles. The first-order chi connectivity index (χ1) is 11.7. The summed E-state index contributed by atoms with van der Waals surface area (Å²) in [6.07, 6.45) is 1.49. The Balaban J connectivity index is 1.74. The third-order valence-electron chi connectivity index (χ3n) is 3.10. The van der Waals surface area contributed by atoms with Gasteiger partial charge in [-0.15, -0.1) is 5.10 Å². The van der Waals surface area contributed by atoms with Crippen LogP contribution in [0.2, 0.25) is 0 Å². The molecular weight excluding hydrogens is 364 g/mol. The number of carbonyl (C=O) groups is 1. The van der Waals surface area contributed by atoms with Crippen LogP contribution in [0.25, 0.3) is 5.69 Å². The Kier molecular flexibility index (Phi) is 5.49. The van der Waals surface area contributed by atoms with Gasteiger partial charge in [0.15, 0.2) is 8.29 Å². The van der Waals surface area contributed by atoms with Crippen LogP contribution in [0.4, 0.5) is 0 Å². The second-order valence-corrected chi connectivity index (χ2v) is 7.49. The van der Waals surface area contributed by atoms with Gasteiger partial charge >= 0.3 is 5.97 Å². The SMILES string of the molecule is CCOC(=O)c1ccoc1CSc1nn(-c2ccccc2)c(=S)s1.